The quantitative estimate of drug-likeness (QED) is 0.706. The van der Waals surface area contributed by atoms with Crippen molar-refractivity contribution in [3.8, 4) is 17.0 Å². The third kappa shape index (κ3) is 1.64. The van der Waals surface area contributed by atoms with Crippen LogP contribution in [-0.2, 0) is 0 Å². The fourth-order valence-electron chi connectivity index (χ4n) is 2.11. The van der Waals surface area contributed by atoms with Crippen molar-refractivity contribution in [3.63, 3.8) is 0 Å². The zero-order valence-corrected chi connectivity index (χ0v) is 10.4. The highest BCUT2D eigenvalue weighted by Gasteiger charge is 2.07. The van der Waals surface area contributed by atoms with Gasteiger partial charge in [0.2, 0.25) is 0 Å². The molecule has 0 aliphatic carbocycles. The number of aryl methyl sites for hydroxylation is 2. The number of nitrogens with zero attached hydrogens (tertiary/aromatic N) is 2. The molecule has 0 atom stereocenters. The highest BCUT2D eigenvalue weighted by molar-refractivity contribution is 5.65. The van der Waals surface area contributed by atoms with Crippen molar-refractivity contribution in [3.05, 3.63) is 53.9 Å². The van der Waals surface area contributed by atoms with Crippen LogP contribution in [0.5, 0.6) is 5.75 Å². The average molecular weight is 238 g/mol. The molecule has 0 aliphatic rings. The molecule has 3 nitrogen and oxygen atoms in total. The number of aromatic hydroxyl groups is 1. The van der Waals surface area contributed by atoms with Gasteiger partial charge in [-0.15, -0.1) is 0 Å². The van der Waals surface area contributed by atoms with Crippen LogP contribution in [0, 0.1) is 13.8 Å². The molecule has 1 N–H and O–H groups in total. The number of pyridine rings is 1. The molecule has 0 unspecified atom stereocenters. The first-order valence-corrected chi connectivity index (χ1v) is 5.89. The molecule has 3 aromatic rings. The fourth-order valence-corrected chi connectivity index (χ4v) is 2.11. The van der Waals surface area contributed by atoms with Gasteiger partial charge in [-0.25, -0.2) is 4.98 Å². The van der Waals surface area contributed by atoms with E-state index in [1.807, 2.05) is 54.9 Å². The van der Waals surface area contributed by atoms with Gasteiger partial charge in [-0.3, -0.25) is 0 Å². The molecule has 0 aliphatic heterocycles. The number of phenols is 1. The molecule has 0 saturated carbocycles. The van der Waals surface area contributed by atoms with Crippen LogP contribution >= 0.6 is 0 Å². The lowest BCUT2D eigenvalue weighted by atomic mass is 10.1. The van der Waals surface area contributed by atoms with Gasteiger partial charge in [-0.1, -0.05) is 6.07 Å². The molecule has 0 fully saturated rings. The number of hydrogen-bond acceptors (Lipinski definition) is 2. The topological polar surface area (TPSA) is 37.5 Å². The van der Waals surface area contributed by atoms with Gasteiger partial charge in [0.15, 0.2) is 0 Å². The lowest BCUT2D eigenvalue weighted by Crippen LogP contribution is -1.84. The van der Waals surface area contributed by atoms with Crippen molar-refractivity contribution in [1.29, 1.82) is 0 Å². The minimum atomic E-state index is 0.318. The van der Waals surface area contributed by atoms with Gasteiger partial charge >= 0.3 is 0 Å². The van der Waals surface area contributed by atoms with Gasteiger partial charge in [0.1, 0.15) is 11.4 Å². The van der Waals surface area contributed by atoms with Crippen molar-refractivity contribution in [2.75, 3.05) is 0 Å². The van der Waals surface area contributed by atoms with Crippen LogP contribution in [0.1, 0.15) is 11.1 Å². The summed E-state index contributed by atoms with van der Waals surface area (Å²) in [6.45, 7) is 3.94. The molecule has 0 spiro atoms. The van der Waals surface area contributed by atoms with Crippen molar-refractivity contribution >= 4 is 5.65 Å². The van der Waals surface area contributed by atoms with E-state index in [0.717, 1.165) is 28.0 Å². The van der Waals surface area contributed by atoms with E-state index in [4.69, 9.17) is 0 Å². The second-order valence-electron chi connectivity index (χ2n) is 4.55. The molecular weight excluding hydrogens is 224 g/mol. The third-order valence-electron chi connectivity index (χ3n) is 3.17. The van der Waals surface area contributed by atoms with Gasteiger partial charge < -0.3 is 9.51 Å². The van der Waals surface area contributed by atoms with Crippen molar-refractivity contribution in [2.24, 2.45) is 0 Å². The second-order valence-corrected chi connectivity index (χ2v) is 4.55. The highest BCUT2D eigenvalue weighted by Crippen LogP contribution is 2.25. The van der Waals surface area contributed by atoms with E-state index >= 15 is 0 Å². The second kappa shape index (κ2) is 3.88. The molecule has 2 heterocycles. The highest BCUT2D eigenvalue weighted by atomic mass is 16.3. The van der Waals surface area contributed by atoms with Gasteiger partial charge in [0, 0.05) is 18.0 Å². The maximum atomic E-state index is 9.55. The van der Waals surface area contributed by atoms with Gasteiger partial charge in [-0.05, 0) is 49.2 Å². The predicted octanol–water partition coefficient (Wildman–Crippen LogP) is 3.32. The molecule has 0 amide bonds. The van der Waals surface area contributed by atoms with Crippen LogP contribution in [0.15, 0.2) is 42.7 Å². The maximum absolute atomic E-state index is 9.55. The lowest BCUT2D eigenvalue weighted by molar-refractivity contribution is 0.471. The normalized spacial score (nSPS) is 11.0. The molecule has 1 aromatic carbocycles. The Morgan fingerprint density at radius 1 is 1.11 bits per heavy atom. The van der Waals surface area contributed by atoms with E-state index in [0.29, 0.717) is 5.75 Å². The van der Waals surface area contributed by atoms with E-state index in [9.17, 15) is 5.11 Å². The summed E-state index contributed by atoms with van der Waals surface area (Å²) in [4.78, 5) is 4.63. The first-order valence-electron chi connectivity index (χ1n) is 5.89. The first kappa shape index (κ1) is 10.8. The van der Waals surface area contributed by atoms with Crippen LogP contribution in [0.3, 0.4) is 0 Å². The molecule has 90 valence electrons. The smallest absolute Gasteiger partial charge is 0.140 e. The number of fused-ring (bicyclic) bond motifs is 1. The Morgan fingerprint density at radius 3 is 2.67 bits per heavy atom. The Labute approximate surface area is 105 Å². The molecule has 0 saturated heterocycles. The van der Waals surface area contributed by atoms with Crippen molar-refractivity contribution < 1.29 is 5.11 Å². The van der Waals surface area contributed by atoms with Crippen molar-refractivity contribution in [2.45, 2.75) is 13.8 Å². The minimum absolute atomic E-state index is 0.318. The van der Waals surface area contributed by atoms with E-state index in [2.05, 4.69) is 4.98 Å². The largest absolute Gasteiger partial charge is 0.508 e. The Balaban J connectivity index is 2.19. The van der Waals surface area contributed by atoms with Crippen LogP contribution in [-0.4, -0.2) is 14.5 Å². The predicted molar refractivity (Wildman–Crippen MR) is 71.8 cm³/mol. The van der Waals surface area contributed by atoms with Gasteiger partial charge in [0.05, 0.1) is 5.69 Å². The summed E-state index contributed by atoms with van der Waals surface area (Å²) in [6.07, 6.45) is 4.00. The SMILES string of the molecule is Cc1cc(-c2cn3cccc(C)c3n2)ccc1O. The summed E-state index contributed by atoms with van der Waals surface area (Å²) in [6, 6.07) is 9.61. The summed E-state index contributed by atoms with van der Waals surface area (Å²) < 4.78 is 2.02. The first-order chi connectivity index (χ1) is 8.65. The van der Waals surface area contributed by atoms with Crippen LogP contribution < -0.4 is 0 Å². The molecule has 0 radical (unpaired) electrons. The third-order valence-corrected chi connectivity index (χ3v) is 3.17. The van der Waals surface area contributed by atoms with E-state index in [-0.39, 0.29) is 0 Å². The van der Waals surface area contributed by atoms with E-state index < -0.39 is 0 Å². The number of aromatic nitrogens is 2. The summed E-state index contributed by atoms with van der Waals surface area (Å²) in [5.41, 5.74) is 4.93. The average Bonchev–Trinajstić information content (AvgIpc) is 2.78. The van der Waals surface area contributed by atoms with E-state index in [1.54, 1.807) is 6.07 Å². The summed E-state index contributed by atoms with van der Waals surface area (Å²) in [5, 5.41) is 9.55. The molecule has 3 heteroatoms. The number of benzene rings is 1. The number of hydrogen-bond donors (Lipinski definition) is 1. The van der Waals surface area contributed by atoms with Gasteiger partial charge in [-0.2, -0.15) is 0 Å². The fraction of sp³-hybridized carbons (Fsp3) is 0.133. The lowest BCUT2D eigenvalue weighted by Gasteiger charge is -2.00. The Hall–Kier alpha value is -2.29. The minimum Gasteiger partial charge on any atom is -0.508 e. The molecular formula is C15H14N2O. The Morgan fingerprint density at radius 2 is 1.94 bits per heavy atom. The molecule has 2 aromatic heterocycles. The summed E-state index contributed by atoms with van der Waals surface area (Å²) >= 11 is 0. The zero-order valence-electron chi connectivity index (χ0n) is 10.4. The monoisotopic (exact) mass is 238 g/mol. The summed E-state index contributed by atoms with van der Waals surface area (Å²) in [7, 11) is 0. The molecule has 18 heavy (non-hydrogen) atoms. The van der Waals surface area contributed by atoms with Crippen LogP contribution in [0.2, 0.25) is 0 Å². The summed E-state index contributed by atoms with van der Waals surface area (Å²) in [5.74, 6) is 0.318. The Kier molecular flexibility index (Phi) is 2.33. The maximum Gasteiger partial charge on any atom is 0.140 e. The zero-order chi connectivity index (χ0) is 12.7. The van der Waals surface area contributed by atoms with Crippen LogP contribution in [0.25, 0.3) is 16.9 Å². The van der Waals surface area contributed by atoms with Gasteiger partial charge in [0.25, 0.3) is 0 Å². The van der Waals surface area contributed by atoms with Crippen molar-refractivity contribution in [1.82, 2.24) is 9.38 Å². The number of imidazole rings is 1. The molecule has 0 bridgehead atoms. The standard InChI is InChI=1S/C15H14N2O/c1-10-4-3-7-17-9-13(16-15(10)17)12-5-6-14(18)11(2)8-12/h3-9,18H,1-2H3. The van der Waals surface area contributed by atoms with Crippen LogP contribution in [0.4, 0.5) is 0 Å². The van der Waals surface area contributed by atoms with E-state index in [1.165, 1.54) is 0 Å². The molecule has 3 rings (SSSR count). The Bertz CT molecular complexity index is 728. The number of rotatable bonds is 1. The number of phenolic OH excluding ortho intramolecular Hbond substituents is 1.